The molecule has 0 saturated carbocycles. The van der Waals surface area contributed by atoms with Gasteiger partial charge < -0.3 is 4.90 Å². The average Bonchev–Trinajstić information content (AvgIpc) is 2.65. The van der Waals surface area contributed by atoms with Crippen LogP contribution in [0.2, 0.25) is 0 Å². The lowest BCUT2D eigenvalue weighted by atomic mass is 10.0. The number of hydrogen-bond donors (Lipinski definition) is 0. The van der Waals surface area contributed by atoms with Crippen LogP contribution in [0.5, 0.6) is 0 Å². The van der Waals surface area contributed by atoms with Gasteiger partial charge in [0, 0.05) is 30.9 Å². The molecule has 0 spiro atoms. The standard InChI is InChI=1S/C20H22N2O3/c1-15-10-13-22(17(23)14-15)18(19(24)16-8-4-2-5-9-16)20(25)21-11-6-3-7-12-21/h2,4-5,8-10,13-14,18H,3,6-7,11-12H2,1H3. The second-order valence-corrected chi connectivity index (χ2v) is 6.47. The molecule has 2 aromatic rings. The molecule has 1 amide bonds. The first-order valence-electron chi connectivity index (χ1n) is 8.65. The lowest BCUT2D eigenvalue weighted by Crippen LogP contribution is -2.45. The molecule has 1 aromatic carbocycles. The highest BCUT2D eigenvalue weighted by molar-refractivity contribution is 6.11. The van der Waals surface area contributed by atoms with Gasteiger partial charge in [-0.05, 0) is 37.8 Å². The minimum Gasteiger partial charge on any atom is -0.340 e. The number of carbonyl (C=O) groups excluding carboxylic acids is 2. The van der Waals surface area contributed by atoms with Crippen molar-refractivity contribution in [1.82, 2.24) is 9.47 Å². The maximum absolute atomic E-state index is 13.1. The zero-order valence-corrected chi connectivity index (χ0v) is 14.4. The Hall–Kier alpha value is -2.69. The van der Waals surface area contributed by atoms with Gasteiger partial charge in [0.2, 0.25) is 0 Å². The van der Waals surface area contributed by atoms with E-state index in [1.807, 2.05) is 13.0 Å². The third-order valence-electron chi connectivity index (χ3n) is 4.59. The molecule has 1 saturated heterocycles. The Labute approximate surface area is 146 Å². The Balaban J connectivity index is 2.03. The van der Waals surface area contributed by atoms with Crippen molar-refractivity contribution in [1.29, 1.82) is 0 Å². The molecular formula is C20H22N2O3. The van der Waals surface area contributed by atoms with Crippen LogP contribution in [-0.4, -0.2) is 34.2 Å². The molecule has 3 rings (SSSR count). The predicted molar refractivity (Wildman–Crippen MR) is 95.7 cm³/mol. The van der Waals surface area contributed by atoms with E-state index >= 15 is 0 Å². The molecule has 2 heterocycles. The predicted octanol–water partition coefficient (Wildman–Crippen LogP) is 2.59. The van der Waals surface area contributed by atoms with Gasteiger partial charge in [-0.1, -0.05) is 30.3 Å². The van der Waals surface area contributed by atoms with Gasteiger partial charge in [-0.3, -0.25) is 19.0 Å². The molecule has 0 aliphatic carbocycles. The third-order valence-corrected chi connectivity index (χ3v) is 4.59. The summed E-state index contributed by atoms with van der Waals surface area (Å²) in [5, 5.41) is 0. The van der Waals surface area contributed by atoms with E-state index in [9.17, 15) is 14.4 Å². The van der Waals surface area contributed by atoms with Gasteiger partial charge in [-0.15, -0.1) is 0 Å². The summed E-state index contributed by atoms with van der Waals surface area (Å²) in [7, 11) is 0. The van der Waals surface area contributed by atoms with Crippen molar-refractivity contribution in [2.45, 2.75) is 32.2 Å². The van der Waals surface area contributed by atoms with Crippen molar-refractivity contribution in [3.63, 3.8) is 0 Å². The molecule has 5 heteroatoms. The summed E-state index contributed by atoms with van der Waals surface area (Å²) >= 11 is 0. The number of carbonyl (C=O) groups is 2. The van der Waals surface area contributed by atoms with E-state index < -0.39 is 6.04 Å². The fraction of sp³-hybridized carbons (Fsp3) is 0.350. The largest absolute Gasteiger partial charge is 0.340 e. The van der Waals surface area contributed by atoms with E-state index in [0.29, 0.717) is 18.7 Å². The molecule has 0 bridgehead atoms. The number of hydrogen-bond acceptors (Lipinski definition) is 3. The number of amides is 1. The number of rotatable bonds is 4. The second-order valence-electron chi connectivity index (χ2n) is 6.47. The zero-order chi connectivity index (χ0) is 17.8. The van der Waals surface area contributed by atoms with Gasteiger partial charge in [-0.2, -0.15) is 0 Å². The summed E-state index contributed by atoms with van der Waals surface area (Å²) < 4.78 is 1.26. The molecule has 1 fully saturated rings. The molecule has 25 heavy (non-hydrogen) atoms. The van der Waals surface area contributed by atoms with Crippen LogP contribution in [0.1, 0.15) is 41.2 Å². The summed E-state index contributed by atoms with van der Waals surface area (Å²) in [6.45, 7) is 3.09. The third kappa shape index (κ3) is 3.71. The van der Waals surface area contributed by atoms with Crippen LogP contribution in [0.3, 0.4) is 0 Å². The van der Waals surface area contributed by atoms with E-state index in [1.54, 1.807) is 41.4 Å². The van der Waals surface area contributed by atoms with Crippen LogP contribution >= 0.6 is 0 Å². The highest BCUT2D eigenvalue weighted by Crippen LogP contribution is 2.19. The Bertz CT molecular complexity index is 820. The van der Waals surface area contributed by atoms with E-state index in [2.05, 4.69) is 0 Å². The first-order chi connectivity index (χ1) is 12.1. The second kappa shape index (κ2) is 7.47. The summed E-state index contributed by atoms with van der Waals surface area (Å²) in [4.78, 5) is 40.3. The molecule has 1 unspecified atom stereocenters. The molecular weight excluding hydrogens is 316 g/mol. The van der Waals surface area contributed by atoms with Crippen LogP contribution in [0, 0.1) is 6.92 Å². The number of Topliss-reactive ketones (excluding diaryl/α,β-unsaturated/α-hetero) is 1. The number of likely N-dealkylation sites (tertiary alicyclic amines) is 1. The number of ketones is 1. The van der Waals surface area contributed by atoms with Crippen LogP contribution in [0.25, 0.3) is 0 Å². The van der Waals surface area contributed by atoms with E-state index in [4.69, 9.17) is 0 Å². The number of aromatic nitrogens is 1. The molecule has 0 radical (unpaired) electrons. The highest BCUT2D eigenvalue weighted by Gasteiger charge is 2.34. The molecule has 0 N–H and O–H groups in total. The molecule has 5 nitrogen and oxygen atoms in total. The minimum absolute atomic E-state index is 0.292. The Morgan fingerprint density at radius 3 is 2.32 bits per heavy atom. The number of nitrogens with zero attached hydrogens (tertiary/aromatic N) is 2. The SMILES string of the molecule is Cc1ccn(C(C(=O)c2ccccc2)C(=O)N2CCCCC2)c(=O)c1. The van der Waals surface area contributed by atoms with Gasteiger partial charge in [0.05, 0.1) is 0 Å². The molecule has 1 aliphatic rings. The van der Waals surface area contributed by atoms with E-state index in [1.165, 1.54) is 10.6 Å². The molecule has 1 atom stereocenters. The Morgan fingerprint density at radius 2 is 1.68 bits per heavy atom. The number of aryl methyl sites for hydroxylation is 1. The van der Waals surface area contributed by atoms with Crippen molar-refractivity contribution in [3.8, 4) is 0 Å². The van der Waals surface area contributed by atoms with Crippen LogP contribution in [0.4, 0.5) is 0 Å². The minimum atomic E-state index is -1.14. The molecule has 1 aromatic heterocycles. The highest BCUT2D eigenvalue weighted by atomic mass is 16.2. The average molecular weight is 338 g/mol. The summed E-state index contributed by atoms with van der Waals surface area (Å²) in [6, 6.07) is 10.7. The van der Waals surface area contributed by atoms with Crippen molar-refractivity contribution in [3.05, 3.63) is 70.1 Å². The van der Waals surface area contributed by atoms with Crippen LogP contribution in [-0.2, 0) is 4.79 Å². The van der Waals surface area contributed by atoms with Crippen molar-refractivity contribution >= 4 is 11.7 Å². The topological polar surface area (TPSA) is 59.4 Å². The Kier molecular flexibility index (Phi) is 5.12. The quantitative estimate of drug-likeness (QED) is 0.636. The van der Waals surface area contributed by atoms with Crippen molar-refractivity contribution in [2.24, 2.45) is 0 Å². The first kappa shape index (κ1) is 17.1. The van der Waals surface area contributed by atoms with Gasteiger partial charge in [-0.25, -0.2) is 0 Å². The monoisotopic (exact) mass is 338 g/mol. The summed E-state index contributed by atoms with van der Waals surface area (Å²) in [5.41, 5.74) is 0.905. The van der Waals surface area contributed by atoms with Crippen LogP contribution < -0.4 is 5.56 Å². The summed E-state index contributed by atoms with van der Waals surface area (Å²) in [6.07, 6.45) is 4.50. The van der Waals surface area contributed by atoms with E-state index in [0.717, 1.165) is 24.8 Å². The van der Waals surface area contributed by atoms with Gasteiger partial charge in [0.25, 0.3) is 11.5 Å². The number of piperidine rings is 1. The van der Waals surface area contributed by atoms with Gasteiger partial charge in [0.1, 0.15) is 0 Å². The number of pyridine rings is 1. The van der Waals surface area contributed by atoms with Crippen molar-refractivity contribution < 1.29 is 9.59 Å². The van der Waals surface area contributed by atoms with E-state index in [-0.39, 0.29) is 17.2 Å². The number of benzene rings is 1. The fourth-order valence-electron chi connectivity index (χ4n) is 3.21. The first-order valence-corrected chi connectivity index (χ1v) is 8.65. The normalized spacial score (nSPS) is 15.6. The lowest BCUT2D eigenvalue weighted by Gasteiger charge is -2.30. The maximum atomic E-state index is 13.1. The summed E-state index contributed by atoms with van der Waals surface area (Å²) in [5.74, 6) is -0.637. The lowest BCUT2D eigenvalue weighted by molar-refractivity contribution is -0.134. The van der Waals surface area contributed by atoms with Crippen LogP contribution in [0.15, 0.2) is 53.5 Å². The maximum Gasteiger partial charge on any atom is 0.253 e. The fourth-order valence-corrected chi connectivity index (χ4v) is 3.21. The smallest absolute Gasteiger partial charge is 0.253 e. The molecule has 130 valence electrons. The van der Waals surface area contributed by atoms with Gasteiger partial charge in [0.15, 0.2) is 11.8 Å². The van der Waals surface area contributed by atoms with Crippen molar-refractivity contribution in [2.75, 3.05) is 13.1 Å². The zero-order valence-electron chi connectivity index (χ0n) is 14.4. The van der Waals surface area contributed by atoms with Gasteiger partial charge >= 0.3 is 0 Å². The Morgan fingerprint density at radius 1 is 1.00 bits per heavy atom. The molecule has 1 aliphatic heterocycles.